The van der Waals surface area contributed by atoms with Gasteiger partial charge in [-0.15, -0.1) is 0 Å². The second-order valence-corrected chi connectivity index (χ2v) is 6.81. The minimum atomic E-state index is -4.77. The van der Waals surface area contributed by atoms with Crippen molar-refractivity contribution < 1.29 is 22.7 Å². The Labute approximate surface area is 175 Å². The molecule has 3 aromatic rings. The van der Waals surface area contributed by atoms with Crippen molar-refractivity contribution in [3.63, 3.8) is 0 Å². The zero-order valence-electron chi connectivity index (χ0n) is 16.0. The summed E-state index contributed by atoms with van der Waals surface area (Å²) in [6, 6.07) is 9.07. The van der Waals surface area contributed by atoms with Crippen molar-refractivity contribution in [2.75, 3.05) is 6.61 Å². The number of hydrogen-bond acceptors (Lipinski definition) is 4. The average Bonchev–Trinajstić information content (AvgIpc) is 2.67. The Morgan fingerprint density at radius 2 is 1.90 bits per heavy atom. The summed E-state index contributed by atoms with van der Waals surface area (Å²) in [6.45, 7) is 3.97. The second kappa shape index (κ2) is 8.31. The van der Waals surface area contributed by atoms with Crippen molar-refractivity contribution in [1.82, 2.24) is 9.97 Å². The lowest BCUT2D eigenvalue weighted by atomic mass is 9.92. The molecule has 1 amide bonds. The number of nitrogens with two attached hydrogens (primary N) is 1. The van der Waals surface area contributed by atoms with E-state index in [4.69, 9.17) is 22.1 Å². The molecule has 2 aromatic heterocycles. The fourth-order valence-corrected chi connectivity index (χ4v) is 3.31. The number of rotatable bonds is 5. The summed E-state index contributed by atoms with van der Waals surface area (Å²) in [5.41, 5.74) is 5.65. The minimum Gasteiger partial charge on any atom is -0.478 e. The largest absolute Gasteiger partial charge is 0.478 e. The minimum absolute atomic E-state index is 0.149. The first kappa shape index (κ1) is 21.6. The molecule has 5 nitrogen and oxygen atoms in total. The van der Waals surface area contributed by atoms with Crippen LogP contribution < -0.4 is 10.5 Å². The zero-order chi connectivity index (χ0) is 22.1. The highest BCUT2D eigenvalue weighted by Gasteiger charge is 2.37. The first-order valence-electron chi connectivity index (χ1n) is 8.89. The molecule has 0 radical (unpaired) electrons. The Bertz CT molecular complexity index is 1120. The molecular formula is C21H17ClF3N3O2. The molecule has 156 valence electrons. The Hall–Kier alpha value is -3.13. The summed E-state index contributed by atoms with van der Waals surface area (Å²) in [4.78, 5) is 19.4. The number of hydrogen-bond donors (Lipinski definition) is 1. The van der Waals surface area contributed by atoms with E-state index in [1.165, 1.54) is 18.2 Å². The molecule has 0 bridgehead atoms. The van der Waals surface area contributed by atoms with Gasteiger partial charge in [-0.1, -0.05) is 23.7 Å². The number of alkyl halides is 3. The van der Waals surface area contributed by atoms with Gasteiger partial charge in [-0.25, -0.2) is 4.98 Å². The number of pyridine rings is 2. The number of nitrogens with zero attached hydrogens (tertiary/aromatic N) is 2. The molecule has 3 rings (SSSR count). The topological polar surface area (TPSA) is 78.1 Å². The second-order valence-electron chi connectivity index (χ2n) is 6.42. The number of ether oxygens (including phenoxy) is 1. The summed E-state index contributed by atoms with van der Waals surface area (Å²) in [5, 5.41) is 0.177. The molecule has 0 saturated heterocycles. The van der Waals surface area contributed by atoms with E-state index >= 15 is 0 Å². The molecular weight excluding hydrogens is 419 g/mol. The monoisotopic (exact) mass is 435 g/mol. The first-order valence-corrected chi connectivity index (χ1v) is 9.27. The summed E-state index contributed by atoms with van der Waals surface area (Å²) >= 11 is 6.09. The molecule has 0 atom stereocenters. The van der Waals surface area contributed by atoms with E-state index in [9.17, 15) is 18.0 Å². The Morgan fingerprint density at radius 1 is 1.17 bits per heavy atom. The van der Waals surface area contributed by atoms with Crippen LogP contribution in [-0.2, 0) is 6.18 Å². The number of carbonyl (C=O) groups is 1. The van der Waals surface area contributed by atoms with Gasteiger partial charge in [0.25, 0.3) is 0 Å². The normalized spacial score (nSPS) is 11.4. The van der Waals surface area contributed by atoms with Crippen LogP contribution in [0, 0.1) is 6.92 Å². The van der Waals surface area contributed by atoms with E-state index in [1.54, 1.807) is 32.0 Å². The van der Waals surface area contributed by atoms with Crippen LogP contribution in [-0.4, -0.2) is 22.5 Å². The quantitative estimate of drug-likeness (QED) is 0.552. The SMILES string of the molecule is CCOc1cc(-c2cc(-c3c(C(N)=O)ccnc3C(F)(F)F)ccc2C)cc(Cl)n1. The van der Waals surface area contributed by atoms with Gasteiger partial charge in [-0.3, -0.25) is 9.78 Å². The number of halogens is 4. The fraction of sp³-hybridized carbons (Fsp3) is 0.190. The lowest BCUT2D eigenvalue weighted by molar-refractivity contribution is -0.140. The predicted octanol–water partition coefficient (Wildman–Crippen LogP) is 5.29. The number of amides is 1. The molecule has 2 heterocycles. The lowest BCUT2D eigenvalue weighted by Gasteiger charge is -2.17. The first-order chi connectivity index (χ1) is 14.1. The molecule has 0 aliphatic rings. The average molecular weight is 436 g/mol. The van der Waals surface area contributed by atoms with Gasteiger partial charge in [-0.05, 0) is 54.3 Å². The van der Waals surface area contributed by atoms with E-state index < -0.39 is 17.8 Å². The van der Waals surface area contributed by atoms with Gasteiger partial charge in [-0.2, -0.15) is 13.2 Å². The number of aromatic nitrogens is 2. The highest BCUT2D eigenvalue weighted by molar-refractivity contribution is 6.29. The molecule has 2 N–H and O–H groups in total. The third-order valence-corrected chi connectivity index (χ3v) is 4.58. The highest BCUT2D eigenvalue weighted by atomic mass is 35.5. The number of aryl methyl sites for hydroxylation is 1. The smallest absolute Gasteiger partial charge is 0.433 e. The molecule has 0 saturated carbocycles. The molecule has 0 unspecified atom stereocenters. The van der Waals surface area contributed by atoms with Crippen LogP contribution in [0.1, 0.15) is 28.5 Å². The summed E-state index contributed by atoms with van der Waals surface area (Å²) < 4.78 is 46.2. The maximum atomic E-state index is 13.6. The van der Waals surface area contributed by atoms with E-state index in [0.717, 1.165) is 11.8 Å². The summed E-state index contributed by atoms with van der Waals surface area (Å²) in [6.07, 6.45) is -3.85. The molecule has 30 heavy (non-hydrogen) atoms. The third-order valence-electron chi connectivity index (χ3n) is 4.39. The number of benzene rings is 1. The fourth-order valence-electron chi connectivity index (χ4n) is 3.11. The Kier molecular flexibility index (Phi) is 5.98. The van der Waals surface area contributed by atoms with Crippen molar-refractivity contribution in [3.8, 4) is 28.1 Å². The Balaban J connectivity index is 2.26. The van der Waals surface area contributed by atoms with E-state index in [-0.39, 0.29) is 21.8 Å². The van der Waals surface area contributed by atoms with Crippen LogP contribution in [0.5, 0.6) is 5.88 Å². The van der Waals surface area contributed by atoms with Gasteiger partial charge in [0.05, 0.1) is 12.2 Å². The van der Waals surface area contributed by atoms with Crippen LogP contribution in [0.4, 0.5) is 13.2 Å². The standard InChI is InChI=1S/C21H17ClF3N3O2/c1-3-30-17-10-13(9-16(22)28-17)15-8-12(5-4-11(15)2)18-14(20(26)29)6-7-27-19(18)21(23,24)25/h4-10H,3H2,1-2H3,(H2,26,29). The third kappa shape index (κ3) is 4.38. The molecule has 0 spiro atoms. The zero-order valence-corrected chi connectivity index (χ0v) is 16.8. The van der Waals surface area contributed by atoms with Crippen molar-refractivity contribution in [2.24, 2.45) is 5.73 Å². The van der Waals surface area contributed by atoms with Crippen molar-refractivity contribution in [3.05, 3.63) is 64.6 Å². The molecule has 9 heteroatoms. The maximum absolute atomic E-state index is 13.6. The van der Waals surface area contributed by atoms with Crippen molar-refractivity contribution in [1.29, 1.82) is 0 Å². The van der Waals surface area contributed by atoms with Gasteiger partial charge in [0.1, 0.15) is 5.15 Å². The van der Waals surface area contributed by atoms with E-state index in [2.05, 4.69) is 9.97 Å². The van der Waals surface area contributed by atoms with Crippen molar-refractivity contribution in [2.45, 2.75) is 20.0 Å². The van der Waals surface area contributed by atoms with Crippen LogP contribution >= 0.6 is 11.6 Å². The van der Waals surface area contributed by atoms with Crippen LogP contribution in [0.2, 0.25) is 5.15 Å². The molecule has 1 aromatic carbocycles. The summed E-state index contributed by atoms with van der Waals surface area (Å²) in [7, 11) is 0. The van der Waals surface area contributed by atoms with Gasteiger partial charge in [0.2, 0.25) is 11.8 Å². The molecule has 0 aliphatic heterocycles. The number of primary amides is 1. The Morgan fingerprint density at radius 3 is 2.53 bits per heavy atom. The van der Waals surface area contributed by atoms with Gasteiger partial charge < -0.3 is 10.5 Å². The van der Waals surface area contributed by atoms with E-state index in [0.29, 0.717) is 23.6 Å². The molecule has 0 aliphatic carbocycles. The van der Waals surface area contributed by atoms with Crippen LogP contribution in [0.25, 0.3) is 22.3 Å². The maximum Gasteiger partial charge on any atom is 0.433 e. The van der Waals surface area contributed by atoms with E-state index in [1.807, 2.05) is 0 Å². The lowest BCUT2D eigenvalue weighted by Crippen LogP contribution is -2.18. The van der Waals surface area contributed by atoms with Gasteiger partial charge in [0, 0.05) is 17.8 Å². The van der Waals surface area contributed by atoms with Crippen LogP contribution in [0.15, 0.2) is 42.6 Å². The highest BCUT2D eigenvalue weighted by Crippen LogP contribution is 2.39. The van der Waals surface area contributed by atoms with Crippen LogP contribution in [0.3, 0.4) is 0 Å². The predicted molar refractivity (Wildman–Crippen MR) is 107 cm³/mol. The van der Waals surface area contributed by atoms with Gasteiger partial charge in [0.15, 0.2) is 5.69 Å². The van der Waals surface area contributed by atoms with Gasteiger partial charge >= 0.3 is 6.18 Å². The summed E-state index contributed by atoms with van der Waals surface area (Å²) in [5.74, 6) is -0.689. The molecule has 0 fully saturated rings. The number of carbonyl (C=O) groups excluding carboxylic acids is 1. The van der Waals surface area contributed by atoms with Crippen molar-refractivity contribution >= 4 is 17.5 Å².